The van der Waals surface area contributed by atoms with E-state index in [0.29, 0.717) is 0 Å². The zero-order valence-corrected chi connectivity index (χ0v) is 11.4. The van der Waals surface area contributed by atoms with E-state index >= 15 is 0 Å². The SMILES string of the molecule is CC1CCN(C(C)Cc2ccc(O)cc2)C1C(=O)O. The van der Waals surface area contributed by atoms with Crippen molar-refractivity contribution in [3.63, 3.8) is 0 Å². The van der Waals surface area contributed by atoms with Gasteiger partial charge < -0.3 is 10.2 Å². The van der Waals surface area contributed by atoms with Crippen LogP contribution in [0.25, 0.3) is 0 Å². The molecule has 1 aromatic carbocycles. The normalized spacial score (nSPS) is 25.4. The van der Waals surface area contributed by atoms with E-state index in [1.807, 2.05) is 19.1 Å². The maximum absolute atomic E-state index is 11.3. The van der Waals surface area contributed by atoms with Crippen LogP contribution >= 0.6 is 0 Å². The topological polar surface area (TPSA) is 60.8 Å². The summed E-state index contributed by atoms with van der Waals surface area (Å²) < 4.78 is 0. The predicted molar refractivity (Wildman–Crippen MR) is 73.2 cm³/mol. The fraction of sp³-hybridized carbons (Fsp3) is 0.533. The second-order valence-electron chi connectivity index (χ2n) is 5.51. The number of likely N-dealkylation sites (tertiary alicyclic amines) is 1. The first-order valence-corrected chi connectivity index (χ1v) is 6.75. The highest BCUT2D eigenvalue weighted by molar-refractivity contribution is 5.74. The van der Waals surface area contributed by atoms with Gasteiger partial charge in [0.05, 0.1) is 0 Å². The second kappa shape index (κ2) is 5.61. The van der Waals surface area contributed by atoms with Crippen molar-refractivity contribution in [2.75, 3.05) is 6.54 Å². The summed E-state index contributed by atoms with van der Waals surface area (Å²) in [6.45, 7) is 4.92. The number of benzene rings is 1. The standard InChI is InChI=1S/C15H21NO3/c1-10-7-8-16(14(10)15(18)19)11(2)9-12-3-5-13(17)6-4-12/h3-6,10-11,14,17H,7-9H2,1-2H3,(H,18,19). The molecular weight excluding hydrogens is 242 g/mol. The molecule has 1 heterocycles. The maximum atomic E-state index is 11.3. The van der Waals surface area contributed by atoms with Gasteiger partial charge in [-0.2, -0.15) is 0 Å². The summed E-state index contributed by atoms with van der Waals surface area (Å²) in [5.74, 6) is -0.253. The molecule has 4 nitrogen and oxygen atoms in total. The van der Waals surface area contributed by atoms with Crippen LogP contribution in [0.15, 0.2) is 24.3 Å². The number of carboxylic acid groups (broad SMARTS) is 1. The van der Waals surface area contributed by atoms with Gasteiger partial charge in [0.15, 0.2) is 0 Å². The summed E-state index contributed by atoms with van der Waals surface area (Å²) in [6, 6.07) is 6.94. The molecule has 1 aliphatic rings. The quantitative estimate of drug-likeness (QED) is 0.873. The molecule has 0 radical (unpaired) electrons. The average Bonchev–Trinajstić information content (AvgIpc) is 2.74. The van der Waals surface area contributed by atoms with Gasteiger partial charge in [0.1, 0.15) is 11.8 Å². The van der Waals surface area contributed by atoms with Crippen molar-refractivity contribution >= 4 is 5.97 Å². The van der Waals surface area contributed by atoms with Crippen LogP contribution in [-0.4, -0.2) is 39.7 Å². The predicted octanol–water partition coefficient (Wildman–Crippen LogP) is 2.12. The van der Waals surface area contributed by atoms with Gasteiger partial charge in [0.2, 0.25) is 0 Å². The number of hydrogen-bond acceptors (Lipinski definition) is 3. The number of aliphatic carboxylic acids is 1. The first-order chi connectivity index (χ1) is 8.99. The molecule has 0 aromatic heterocycles. The number of aromatic hydroxyl groups is 1. The van der Waals surface area contributed by atoms with Gasteiger partial charge >= 0.3 is 5.97 Å². The Hall–Kier alpha value is -1.55. The number of carboxylic acids is 1. The van der Waals surface area contributed by atoms with E-state index < -0.39 is 5.97 Å². The average molecular weight is 263 g/mol. The molecule has 0 bridgehead atoms. The molecule has 0 aliphatic carbocycles. The van der Waals surface area contributed by atoms with Crippen molar-refractivity contribution < 1.29 is 15.0 Å². The Morgan fingerprint density at radius 1 is 1.42 bits per heavy atom. The summed E-state index contributed by atoms with van der Waals surface area (Å²) in [7, 11) is 0. The monoisotopic (exact) mass is 263 g/mol. The minimum Gasteiger partial charge on any atom is -0.508 e. The van der Waals surface area contributed by atoms with E-state index in [4.69, 9.17) is 0 Å². The fourth-order valence-electron chi connectivity index (χ4n) is 2.95. The molecule has 1 saturated heterocycles. The minimum absolute atomic E-state index is 0.190. The van der Waals surface area contributed by atoms with Crippen molar-refractivity contribution in [2.24, 2.45) is 5.92 Å². The number of nitrogens with zero attached hydrogens (tertiary/aromatic N) is 1. The first-order valence-electron chi connectivity index (χ1n) is 6.75. The Bertz CT molecular complexity index is 443. The Morgan fingerprint density at radius 2 is 2.05 bits per heavy atom. The van der Waals surface area contributed by atoms with Gasteiger partial charge in [-0.05, 0) is 49.9 Å². The van der Waals surface area contributed by atoms with Gasteiger partial charge in [-0.25, -0.2) is 0 Å². The number of rotatable bonds is 4. The highest BCUT2D eigenvalue weighted by Crippen LogP contribution is 2.27. The lowest BCUT2D eigenvalue weighted by Gasteiger charge is -2.29. The summed E-state index contributed by atoms with van der Waals surface area (Å²) in [6.07, 6.45) is 1.74. The summed E-state index contributed by atoms with van der Waals surface area (Å²) in [5.41, 5.74) is 1.12. The number of phenols is 1. The Morgan fingerprint density at radius 3 is 2.63 bits per heavy atom. The minimum atomic E-state index is -0.720. The zero-order chi connectivity index (χ0) is 14.0. The second-order valence-corrected chi connectivity index (χ2v) is 5.51. The molecule has 4 heteroatoms. The largest absolute Gasteiger partial charge is 0.508 e. The molecule has 0 spiro atoms. The molecule has 2 rings (SSSR count). The summed E-state index contributed by atoms with van der Waals surface area (Å²) in [5, 5.41) is 18.6. The van der Waals surface area contributed by atoms with Crippen molar-refractivity contribution in [1.82, 2.24) is 4.90 Å². The van der Waals surface area contributed by atoms with Gasteiger partial charge in [-0.3, -0.25) is 9.69 Å². The van der Waals surface area contributed by atoms with Crippen LogP contribution in [0.3, 0.4) is 0 Å². The van der Waals surface area contributed by atoms with E-state index in [1.165, 1.54) is 0 Å². The van der Waals surface area contributed by atoms with Crippen LogP contribution in [0.2, 0.25) is 0 Å². The van der Waals surface area contributed by atoms with Crippen LogP contribution < -0.4 is 0 Å². The van der Waals surface area contributed by atoms with Crippen molar-refractivity contribution in [3.05, 3.63) is 29.8 Å². The molecule has 3 unspecified atom stereocenters. The summed E-state index contributed by atoms with van der Waals surface area (Å²) in [4.78, 5) is 13.4. The van der Waals surface area contributed by atoms with Crippen molar-refractivity contribution in [2.45, 2.75) is 38.8 Å². The van der Waals surface area contributed by atoms with E-state index in [0.717, 1.165) is 24.9 Å². The lowest BCUT2D eigenvalue weighted by molar-refractivity contribution is -0.144. The van der Waals surface area contributed by atoms with E-state index in [-0.39, 0.29) is 23.8 Å². The van der Waals surface area contributed by atoms with Crippen LogP contribution in [0, 0.1) is 5.92 Å². The van der Waals surface area contributed by atoms with Crippen molar-refractivity contribution in [3.8, 4) is 5.75 Å². The molecule has 1 aromatic rings. The van der Waals surface area contributed by atoms with E-state index in [9.17, 15) is 15.0 Å². The van der Waals surface area contributed by atoms with Gasteiger partial charge in [-0.15, -0.1) is 0 Å². The highest BCUT2D eigenvalue weighted by atomic mass is 16.4. The molecule has 3 atom stereocenters. The van der Waals surface area contributed by atoms with Crippen molar-refractivity contribution in [1.29, 1.82) is 0 Å². The maximum Gasteiger partial charge on any atom is 0.321 e. The number of hydrogen-bond donors (Lipinski definition) is 2. The first kappa shape index (κ1) is 13.9. The molecule has 1 fully saturated rings. The highest BCUT2D eigenvalue weighted by Gasteiger charge is 2.38. The molecule has 2 N–H and O–H groups in total. The lowest BCUT2D eigenvalue weighted by Crippen LogP contribution is -2.44. The zero-order valence-electron chi connectivity index (χ0n) is 11.4. The van der Waals surface area contributed by atoms with Crippen LogP contribution in [0.5, 0.6) is 5.75 Å². The van der Waals surface area contributed by atoms with Crippen LogP contribution in [-0.2, 0) is 11.2 Å². The van der Waals surface area contributed by atoms with Crippen LogP contribution in [0.4, 0.5) is 0 Å². The number of carbonyl (C=O) groups is 1. The van der Waals surface area contributed by atoms with Crippen LogP contribution in [0.1, 0.15) is 25.8 Å². The molecule has 104 valence electrons. The van der Waals surface area contributed by atoms with E-state index in [1.54, 1.807) is 12.1 Å². The summed E-state index contributed by atoms with van der Waals surface area (Å²) >= 11 is 0. The molecular formula is C15H21NO3. The lowest BCUT2D eigenvalue weighted by atomic mass is 10.0. The van der Waals surface area contributed by atoms with Gasteiger partial charge in [0, 0.05) is 6.04 Å². The van der Waals surface area contributed by atoms with E-state index in [2.05, 4.69) is 11.8 Å². The number of phenolic OH excluding ortho intramolecular Hbond substituents is 1. The molecule has 1 aliphatic heterocycles. The van der Waals surface area contributed by atoms with Gasteiger partial charge in [-0.1, -0.05) is 19.1 Å². The third kappa shape index (κ3) is 3.07. The third-order valence-corrected chi connectivity index (χ3v) is 4.03. The Labute approximate surface area is 113 Å². The Kier molecular flexibility index (Phi) is 4.10. The third-order valence-electron chi connectivity index (χ3n) is 4.03. The molecule has 19 heavy (non-hydrogen) atoms. The molecule has 0 amide bonds. The Balaban J connectivity index is 2.05. The van der Waals surface area contributed by atoms with Gasteiger partial charge in [0.25, 0.3) is 0 Å². The fourth-order valence-corrected chi connectivity index (χ4v) is 2.95. The molecule has 0 saturated carbocycles. The smallest absolute Gasteiger partial charge is 0.321 e.